The van der Waals surface area contributed by atoms with Crippen LogP contribution in [-0.4, -0.2) is 121 Å². The van der Waals surface area contributed by atoms with Crippen molar-refractivity contribution < 1.29 is 38.1 Å². The smallest absolute Gasteiger partial charge is 0.407 e. The fourth-order valence-corrected chi connectivity index (χ4v) is 7.50. The van der Waals surface area contributed by atoms with Gasteiger partial charge in [-0.1, -0.05) is 24.3 Å². The first-order valence-electron chi connectivity index (χ1n) is 17.6. The van der Waals surface area contributed by atoms with E-state index in [9.17, 15) is 28.7 Å². The van der Waals surface area contributed by atoms with Crippen LogP contribution in [0.15, 0.2) is 66.7 Å². The lowest BCUT2D eigenvalue weighted by Gasteiger charge is -2.47. The van der Waals surface area contributed by atoms with Crippen molar-refractivity contribution in [1.82, 2.24) is 14.7 Å². The molecule has 3 heterocycles. The Morgan fingerprint density at radius 2 is 1.67 bits per heavy atom. The van der Waals surface area contributed by atoms with Gasteiger partial charge in [-0.05, 0) is 86.3 Å². The molecule has 0 saturated carbocycles. The number of hydrogen-bond acceptors (Lipinski definition) is 8. The zero-order chi connectivity index (χ0) is 37.2. The summed E-state index contributed by atoms with van der Waals surface area (Å²) in [6.07, 6.45) is -0.484. The van der Waals surface area contributed by atoms with E-state index >= 15 is 0 Å². The predicted molar refractivity (Wildman–Crippen MR) is 193 cm³/mol. The molecule has 13 heteroatoms. The van der Waals surface area contributed by atoms with E-state index in [1.807, 2.05) is 32.0 Å². The highest BCUT2D eigenvalue weighted by atomic mass is 19.1. The number of nitrogens with one attached hydrogen (secondary N) is 1. The number of rotatable bonds is 9. The van der Waals surface area contributed by atoms with Gasteiger partial charge in [0.15, 0.2) is 0 Å². The van der Waals surface area contributed by atoms with Gasteiger partial charge in [-0.3, -0.25) is 19.4 Å². The summed E-state index contributed by atoms with van der Waals surface area (Å²) in [7, 11) is 1.30. The highest BCUT2D eigenvalue weighted by molar-refractivity contribution is 6.07. The zero-order valence-electron chi connectivity index (χ0n) is 30.0. The van der Waals surface area contributed by atoms with E-state index in [0.717, 1.165) is 17.7 Å². The number of halogens is 1. The second kappa shape index (κ2) is 15.4. The SMILES string of the molecule is COC(=O)c1ccc(NC(=O)C2(C)CN(C(=O)CN3C[C@@H](C)N(C(=O)O)C[C@@H]3CN3CCOCC3C)c3cc(Cc4ccc(F)cc4)ccc32)cc1. The van der Waals surface area contributed by atoms with Gasteiger partial charge in [0.25, 0.3) is 0 Å². The number of carbonyl (C=O) groups excluding carboxylic acids is 3. The summed E-state index contributed by atoms with van der Waals surface area (Å²) >= 11 is 0. The maximum atomic E-state index is 14.5. The molecule has 2 unspecified atom stereocenters. The number of benzene rings is 3. The molecule has 0 aromatic heterocycles. The van der Waals surface area contributed by atoms with Crippen molar-refractivity contribution in [1.29, 1.82) is 0 Å². The molecule has 3 aliphatic rings. The van der Waals surface area contributed by atoms with E-state index in [-0.39, 0.29) is 55.4 Å². The first-order valence-corrected chi connectivity index (χ1v) is 17.6. The number of hydrogen-bond donors (Lipinski definition) is 2. The summed E-state index contributed by atoms with van der Waals surface area (Å²) in [5.74, 6) is -1.32. The molecule has 2 N–H and O–H groups in total. The number of methoxy groups -OCH3 is 1. The molecule has 3 amide bonds. The lowest BCUT2D eigenvalue weighted by molar-refractivity contribution is -0.122. The van der Waals surface area contributed by atoms with Crippen molar-refractivity contribution in [2.45, 2.75) is 50.7 Å². The Morgan fingerprint density at radius 3 is 2.35 bits per heavy atom. The molecule has 3 aromatic rings. The molecular weight excluding hydrogens is 669 g/mol. The van der Waals surface area contributed by atoms with Crippen LogP contribution in [0.25, 0.3) is 0 Å². The maximum absolute atomic E-state index is 14.5. The minimum atomic E-state index is -1.13. The van der Waals surface area contributed by atoms with Crippen molar-refractivity contribution in [3.8, 4) is 0 Å². The number of morpholine rings is 1. The lowest BCUT2D eigenvalue weighted by Crippen LogP contribution is -2.64. The minimum absolute atomic E-state index is 0.0372. The standard InChI is InChI=1S/C39H46FN5O7/c1-25-19-43(32(21-44(25)38(49)50)20-42-15-16-52-23-26(42)2)22-35(46)45-24-39(3,37(48)41-31-12-8-29(9-13-31)36(47)51-4)33-14-7-28(18-34(33)45)17-27-5-10-30(40)11-6-27/h5-14,18,25-26,32H,15-17,19-24H2,1-4H3,(H,41,48)(H,49,50)/t25-,26?,32+,39?/m1/s1. The molecule has 2 fully saturated rings. The molecule has 0 radical (unpaired) electrons. The zero-order valence-corrected chi connectivity index (χ0v) is 30.0. The predicted octanol–water partition coefficient (Wildman–Crippen LogP) is 4.22. The van der Waals surface area contributed by atoms with E-state index in [1.54, 1.807) is 41.3 Å². The number of anilines is 2. The first kappa shape index (κ1) is 36.9. The molecule has 0 bridgehead atoms. The Labute approximate surface area is 303 Å². The van der Waals surface area contributed by atoms with Crippen LogP contribution in [0.4, 0.5) is 20.6 Å². The molecule has 3 aliphatic heterocycles. The van der Waals surface area contributed by atoms with Crippen molar-refractivity contribution in [3.05, 3.63) is 94.8 Å². The van der Waals surface area contributed by atoms with Crippen molar-refractivity contribution >= 4 is 35.3 Å². The van der Waals surface area contributed by atoms with Crippen LogP contribution in [0.2, 0.25) is 0 Å². The monoisotopic (exact) mass is 715 g/mol. The normalized spacial score (nSPS) is 23.6. The molecule has 0 spiro atoms. The van der Waals surface area contributed by atoms with E-state index < -0.39 is 17.5 Å². The van der Waals surface area contributed by atoms with Gasteiger partial charge in [0.2, 0.25) is 11.8 Å². The van der Waals surface area contributed by atoms with Gasteiger partial charge in [0, 0.05) is 62.2 Å². The minimum Gasteiger partial charge on any atom is -0.465 e. The van der Waals surface area contributed by atoms with Crippen LogP contribution >= 0.6 is 0 Å². The van der Waals surface area contributed by atoms with E-state index in [4.69, 9.17) is 9.47 Å². The third-order valence-electron chi connectivity index (χ3n) is 10.6. The Bertz CT molecular complexity index is 1810. The second-order valence-electron chi connectivity index (χ2n) is 14.3. The summed E-state index contributed by atoms with van der Waals surface area (Å²) in [5, 5.41) is 12.9. The largest absolute Gasteiger partial charge is 0.465 e. The van der Waals surface area contributed by atoms with E-state index in [1.165, 1.54) is 24.1 Å². The van der Waals surface area contributed by atoms with Gasteiger partial charge in [0.1, 0.15) is 5.82 Å². The van der Waals surface area contributed by atoms with Gasteiger partial charge < -0.3 is 29.7 Å². The molecule has 0 aliphatic carbocycles. The quantitative estimate of drug-likeness (QED) is 0.313. The number of piperazine rings is 1. The number of esters is 1. The fourth-order valence-electron chi connectivity index (χ4n) is 7.50. The highest BCUT2D eigenvalue weighted by Gasteiger charge is 2.47. The average molecular weight is 716 g/mol. The van der Waals surface area contributed by atoms with E-state index in [0.29, 0.717) is 55.2 Å². The van der Waals surface area contributed by atoms with E-state index in [2.05, 4.69) is 22.0 Å². The van der Waals surface area contributed by atoms with Crippen LogP contribution in [0, 0.1) is 5.82 Å². The number of carbonyl (C=O) groups is 4. The van der Waals surface area contributed by atoms with Crippen molar-refractivity contribution in [2.24, 2.45) is 0 Å². The van der Waals surface area contributed by atoms with Gasteiger partial charge in [-0.15, -0.1) is 0 Å². The summed E-state index contributed by atoms with van der Waals surface area (Å²) in [6, 6.07) is 18.0. The number of fused-ring (bicyclic) bond motifs is 1. The van der Waals surface area contributed by atoms with Gasteiger partial charge in [-0.25, -0.2) is 14.0 Å². The second-order valence-corrected chi connectivity index (χ2v) is 14.3. The first-order chi connectivity index (χ1) is 24.9. The summed E-state index contributed by atoms with van der Waals surface area (Å²) in [6.45, 7) is 9.00. The maximum Gasteiger partial charge on any atom is 0.407 e. The lowest BCUT2D eigenvalue weighted by atomic mass is 9.83. The van der Waals surface area contributed by atoms with Crippen LogP contribution in [-0.2, 0) is 30.9 Å². The van der Waals surface area contributed by atoms with Gasteiger partial charge in [-0.2, -0.15) is 0 Å². The van der Waals surface area contributed by atoms with Crippen LogP contribution in [0.1, 0.15) is 47.8 Å². The Balaban J connectivity index is 1.28. The Morgan fingerprint density at radius 1 is 0.962 bits per heavy atom. The number of nitrogens with zero attached hydrogens (tertiary/aromatic N) is 4. The van der Waals surface area contributed by atoms with Crippen LogP contribution < -0.4 is 10.2 Å². The number of carboxylic acid groups (broad SMARTS) is 1. The third kappa shape index (κ3) is 7.81. The molecule has 12 nitrogen and oxygen atoms in total. The molecule has 2 saturated heterocycles. The number of amides is 3. The van der Waals surface area contributed by atoms with Crippen molar-refractivity contribution in [3.63, 3.8) is 0 Å². The highest BCUT2D eigenvalue weighted by Crippen LogP contribution is 2.43. The topological polar surface area (TPSA) is 132 Å². The van der Waals surface area contributed by atoms with Gasteiger partial charge in [0.05, 0.1) is 37.8 Å². The van der Waals surface area contributed by atoms with Crippen LogP contribution in [0.3, 0.4) is 0 Å². The van der Waals surface area contributed by atoms with Crippen LogP contribution in [0.5, 0.6) is 0 Å². The Kier molecular flexibility index (Phi) is 10.9. The molecule has 4 atom stereocenters. The summed E-state index contributed by atoms with van der Waals surface area (Å²) in [5.41, 5.74) is 2.83. The molecule has 52 heavy (non-hydrogen) atoms. The Hall–Kier alpha value is -4.85. The molecule has 6 rings (SSSR count). The molecule has 276 valence electrons. The van der Waals surface area contributed by atoms with Gasteiger partial charge >= 0.3 is 12.1 Å². The summed E-state index contributed by atoms with van der Waals surface area (Å²) < 4.78 is 24.1. The fraction of sp³-hybridized carbons (Fsp3) is 0.436. The third-order valence-corrected chi connectivity index (χ3v) is 10.6. The molecular formula is C39H46FN5O7. The van der Waals surface area contributed by atoms with Crippen molar-refractivity contribution in [2.75, 3.05) is 69.8 Å². The number of ether oxygens (including phenoxy) is 2. The molecule has 3 aromatic carbocycles. The average Bonchev–Trinajstić information content (AvgIpc) is 3.43. The summed E-state index contributed by atoms with van der Waals surface area (Å²) in [4.78, 5) is 60.2.